The number of fused-ring (bicyclic) bond motifs is 1. The Morgan fingerprint density at radius 1 is 0.769 bits per heavy atom. The molecule has 7 heteroatoms. The number of halogens is 1. The molecule has 6 nitrogen and oxygen atoms in total. The van der Waals surface area contributed by atoms with E-state index in [9.17, 15) is 4.79 Å². The molecule has 1 atom stereocenters. The topological polar surface area (TPSA) is 69.7 Å². The maximum absolute atomic E-state index is 14.0. The fraction of sp³-hybridized carbons (Fsp3) is 0.125. The van der Waals surface area contributed by atoms with E-state index in [0.717, 1.165) is 22.1 Å². The summed E-state index contributed by atoms with van der Waals surface area (Å²) in [6.45, 7) is 0. The largest absolute Gasteiger partial charge is 0.493 e. The number of nitrogens with zero attached hydrogens (tertiary/aromatic N) is 1. The van der Waals surface area contributed by atoms with Crippen molar-refractivity contribution in [2.24, 2.45) is 0 Å². The number of hydrogen-bond acceptors (Lipinski definition) is 5. The van der Waals surface area contributed by atoms with E-state index < -0.39 is 0 Å². The monoisotopic (exact) mass is 538 g/mol. The second kappa shape index (κ2) is 11.5. The molecule has 1 aromatic heterocycles. The molecule has 0 bridgehead atoms. The van der Waals surface area contributed by atoms with Crippen LogP contribution >= 0.6 is 11.6 Å². The number of para-hydroxylation sites is 1. The number of carbonyl (C=O) groups is 1. The van der Waals surface area contributed by atoms with Crippen molar-refractivity contribution in [3.63, 3.8) is 0 Å². The highest BCUT2D eigenvalue weighted by molar-refractivity contribution is 6.30. The second-order valence-electron chi connectivity index (χ2n) is 8.85. The van der Waals surface area contributed by atoms with E-state index in [1.165, 1.54) is 0 Å². The number of nitrogens with one attached hydrogen (secondary N) is 1. The van der Waals surface area contributed by atoms with Crippen molar-refractivity contribution in [3.05, 3.63) is 119 Å². The second-order valence-corrected chi connectivity index (χ2v) is 9.29. The molecule has 0 aliphatic rings. The minimum Gasteiger partial charge on any atom is -0.493 e. The van der Waals surface area contributed by atoms with E-state index in [1.54, 1.807) is 27.4 Å². The normalized spacial score (nSPS) is 11.6. The zero-order chi connectivity index (χ0) is 27.4. The van der Waals surface area contributed by atoms with Gasteiger partial charge in [-0.05, 0) is 47.5 Å². The molecular formula is C32H27ClN2O4. The number of ether oxygens (including phenoxy) is 3. The number of aromatic nitrogens is 1. The molecule has 1 N–H and O–H groups in total. The van der Waals surface area contributed by atoms with E-state index in [1.807, 2.05) is 91.0 Å². The van der Waals surface area contributed by atoms with E-state index in [0.29, 0.717) is 39.0 Å². The summed E-state index contributed by atoms with van der Waals surface area (Å²) in [5.74, 6) is 1.25. The Morgan fingerprint density at radius 2 is 1.38 bits per heavy atom. The average Bonchev–Trinajstić information content (AvgIpc) is 2.99. The highest BCUT2D eigenvalue weighted by Crippen LogP contribution is 2.41. The van der Waals surface area contributed by atoms with Crippen LogP contribution in [0.25, 0.3) is 22.2 Å². The van der Waals surface area contributed by atoms with Crippen LogP contribution in [0.4, 0.5) is 0 Å². The van der Waals surface area contributed by atoms with Gasteiger partial charge in [-0.25, -0.2) is 4.98 Å². The molecule has 39 heavy (non-hydrogen) atoms. The predicted octanol–water partition coefficient (Wildman–Crippen LogP) is 7.10. The third-order valence-corrected chi connectivity index (χ3v) is 6.78. The lowest BCUT2D eigenvalue weighted by Crippen LogP contribution is -2.29. The van der Waals surface area contributed by atoms with Crippen molar-refractivity contribution in [2.45, 2.75) is 6.04 Å². The van der Waals surface area contributed by atoms with Gasteiger partial charge in [0.15, 0.2) is 11.5 Å². The highest BCUT2D eigenvalue weighted by Gasteiger charge is 2.22. The molecule has 196 valence electrons. The number of rotatable bonds is 8. The molecular weight excluding hydrogens is 512 g/mol. The van der Waals surface area contributed by atoms with Gasteiger partial charge in [-0.3, -0.25) is 4.79 Å². The molecule has 0 radical (unpaired) electrons. The molecule has 1 amide bonds. The maximum Gasteiger partial charge on any atom is 0.252 e. The van der Waals surface area contributed by atoms with Crippen molar-refractivity contribution in [1.29, 1.82) is 0 Å². The van der Waals surface area contributed by atoms with Crippen LogP contribution in [-0.2, 0) is 0 Å². The number of benzene rings is 4. The van der Waals surface area contributed by atoms with Gasteiger partial charge >= 0.3 is 0 Å². The van der Waals surface area contributed by atoms with Crippen molar-refractivity contribution in [3.8, 4) is 28.5 Å². The molecule has 0 spiro atoms. The standard InChI is InChI=1S/C32H27ClN2O4/c1-37-28-17-22(18-29(38-2)31(28)39-3)27-19-25(24-11-7-8-12-26(24)34-27)32(36)35-30(20-9-5-4-6-10-20)21-13-15-23(33)16-14-21/h4-19,30H,1-3H3,(H,35,36). The Kier molecular flexibility index (Phi) is 7.66. The van der Waals surface area contributed by atoms with E-state index >= 15 is 0 Å². The molecule has 0 aliphatic heterocycles. The molecule has 5 aromatic rings. The summed E-state index contributed by atoms with van der Waals surface area (Å²) in [6, 6.07) is 30.0. The van der Waals surface area contributed by atoms with Crippen molar-refractivity contribution in [1.82, 2.24) is 10.3 Å². The Morgan fingerprint density at radius 3 is 2.03 bits per heavy atom. The molecule has 0 aliphatic carbocycles. The van der Waals surface area contributed by atoms with Gasteiger partial charge in [-0.1, -0.05) is 72.3 Å². The minimum absolute atomic E-state index is 0.230. The van der Waals surface area contributed by atoms with Crippen LogP contribution in [-0.4, -0.2) is 32.2 Å². The maximum atomic E-state index is 14.0. The van der Waals surface area contributed by atoms with Gasteiger partial charge < -0.3 is 19.5 Å². The summed E-state index contributed by atoms with van der Waals surface area (Å²) in [4.78, 5) is 18.8. The summed E-state index contributed by atoms with van der Waals surface area (Å²) >= 11 is 6.15. The van der Waals surface area contributed by atoms with Crippen LogP contribution in [0.1, 0.15) is 27.5 Å². The van der Waals surface area contributed by atoms with Gasteiger partial charge in [-0.2, -0.15) is 0 Å². The Balaban J connectivity index is 1.62. The Bertz CT molecular complexity index is 1600. The van der Waals surface area contributed by atoms with Gasteiger partial charge in [0.1, 0.15) is 0 Å². The van der Waals surface area contributed by atoms with E-state index in [2.05, 4.69) is 5.32 Å². The van der Waals surface area contributed by atoms with Crippen LogP contribution in [0.15, 0.2) is 97.1 Å². The molecule has 0 saturated carbocycles. The number of hydrogen-bond donors (Lipinski definition) is 1. The lowest BCUT2D eigenvalue weighted by Gasteiger charge is -2.21. The number of pyridine rings is 1. The molecule has 4 aromatic carbocycles. The van der Waals surface area contributed by atoms with Crippen LogP contribution in [0.5, 0.6) is 17.2 Å². The fourth-order valence-electron chi connectivity index (χ4n) is 4.61. The van der Waals surface area contributed by atoms with Gasteiger partial charge in [0.05, 0.1) is 44.1 Å². The number of carbonyl (C=O) groups excluding carboxylic acids is 1. The summed E-state index contributed by atoms with van der Waals surface area (Å²) in [6.07, 6.45) is 0. The third kappa shape index (κ3) is 5.38. The Hall–Kier alpha value is -4.55. The molecule has 5 rings (SSSR count). The summed E-state index contributed by atoms with van der Waals surface area (Å²) in [7, 11) is 4.68. The quantitative estimate of drug-likeness (QED) is 0.228. The summed E-state index contributed by atoms with van der Waals surface area (Å²) in [5.41, 5.74) is 4.39. The van der Waals surface area contributed by atoms with Crippen molar-refractivity contribution in [2.75, 3.05) is 21.3 Å². The van der Waals surface area contributed by atoms with Crippen LogP contribution in [0.2, 0.25) is 5.02 Å². The van der Waals surface area contributed by atoms with Crippen molar-refractivity contribution >= 4 is 28.4 Å². The van der Waals surface area contributed by atoms with Gasteiger partial charge in [0, 0.05) is 16.0 Å². The summed E-state index contributed by atoms with van der Waals surface area (Å²) < 4.78 is 16.6. The Labute approximate surface area is 232 Å². The van der Waals surface area contributed by atoms with E-state index in [-0.39, 0.29) is 11.9 Å². The summed E-state index contributed by atoms with van der Waals surface area (Å²) in [5, 5.41) is 4.62. The fourth-order valence-corrected chi connectivity index (χ4v) is 4.73. The molecule has 0 saturated heterocycles. The van der Waals surface area contributed by atoms with E-state index in [4.69, 9.17) is 30.8 Å². The SMILES string of the molecule is COc1cc(-c2cc(C(=O)NC(c3ccccc3)c3ccc(Cl)cc3)c3ccccc3n2)cc(OC)c1OC. The first-order valence-corrected chi connectivity index (χ1v) is 12.7. The highest BCUT2D eigenvalue weighted by atomic mass is 35.5. The lowest BCUT2D eigenvalue weighted by atomic mass is 9.97. The average molecular weight is 539 g/mol. The first-order valence-electron chi connectivity index (χ1n) is 12.3. The zero-order valence-electron chi connectivity index (χ0n) is 21.8. The van der Waals surface area contributed by atoms with Gasteiger partial charge in [0.2, 0.25) is 5.75 Å². The number of amides is 1. The third-order valence-electron chi connectivity index (χ3n) is 6.53. The zero-order valence-corrected chi connectivity index (χ0v) is 22.5. The minimum atomic E-state index is -0.382. The van der Waals surface area contributed by atoms with Crippen LogP contribution in [0, 0.1) is 0 Å². The first kappa shape index (κ1) is 26.1. The molecule has 1 unspecified atom stereocenters. The smallest absolute Gasteiger partial charge is 0.252 e. The van der Waals surface area contributed by atoms with Crippen LogP contribution < -0.4 is 19.5 Å². The molecule has 1 heterocycles. The predicted molar refractivity (Wildman–Crippen MR) is 154 cm³/mol. The lowest BCUT2D eigenvalue weighted by molar-refractivity contribution is 0.0944. The van der Waals surface area contributed by atoms with Gasteiger partial charge in [-0.15, -0.1) is 0 Å². The van der Waals surface area contributed by atoms with Crippen LogP contribution in [0.3, 0.4) is 0 Å². The number of methoxy groups -OCH3 is 3. The molecule has 0 fully saturated rings. The first-order chi connectivity index (χ1) is 19.0. The van der Waals surface area contributed by atoms with Crippen molar-refractivity contribution < 1.29 is 19.0 Å². The van der Waals surface area contributed by atoms with Gasteiger partial charge in [0.25, 0.3) is 5.91 Å².